The fraction of sp³-hybridized carbons (Fsp3) is 0.438. The SMILES string of the molecule is CCCOC(=O)CCC(=O)NC(=S)Nc1cccc(OCC)c1. The molecule has 0 saturated carbocycles. The summed E-state index contributed by atoms with van der Waals surface area (Å²) >= 11 is 5.07. The predicted molar refractivity (Wildman–Crippen MR) is 92.5 cm³/mol. The van der Waals surface area contributed by atoms with Gasteiger partial charge in [-0.15, -0.1) is 0 Å². The lowest BCUT2D eigenvalue weighted by Crippen LogP contribution is -2.34. The maximum Gasteiger partial charge on any atom is 0.306 e. The van der Waals surface area contributed by atoms with Gasteiger partial charge in [-0.05, 0) is 37.7 Å². The minimum Gasteiger partial charge on any atom is -0.494 e. The summed E-state index contributed by atoms with van der Waals surface area (Å²) in [6.07, 6.45) is 0.824. The molecule has 126 valence electrons. The Kier molecular flexibility index (Phi) is 8.67. The van der Waals surface area contributed by atoms with E-state index in [1.165, 1.54) is 0 Å². The third-order valence-electron chi connectivity index (χ3n) is 2.68. The fourth-order valence-electron chi connectivity index (χ4n) is 1.69. The highest BCUT2D eigenvalue weighted by molar-refractivity contribution is 7.80. The van der Waals surface area contributed by atoms with Crippen LogP contribution in [-0.2, 0) is 14.3 Å². The summed E-state index contributed by atoms with van der Waals surface area (Å²) in [6.45, 7) is 4.75. The van der Waals surface area contributed by atoms with Gasteiger partial charge in [-0.25, -0.2) is 0 Å². The second kappa shape index (κ2) is 10.6. The van der Waals surface area contributed by atoms with E-state index in [1.807, 2.05) is 32.0 Å². The van der Waals surface area contributed by atoms with Crippen LogP contribution in [0, 0.1) is 0 Å². The Balaban J connectivity index is 2.36. The van der Waals surface area contributed by atoms with Crippen LogP contribution in [0.3, 0.4) is 0 Å². The maximum atomic E-state index is 11.7. The maximum absolute atomic E-state index is 11.7. The molecule has 0 bridgehead atoms. The van der Waals surface area contributed by atoms with Crippen LogP contribution in [0.15, 0.2) is 24.3 Å². The molecule has 0 unspecified atom stereocenters. The van der Waals surface area contributed by atoms with Crippen LogP contribution in [0.4, 0.5) is 5.69 Å². The van der Waals surface area contributed by atoms with Crippen molar-refractivity contribution in [1.82, 2.24) is 5.32 Å². The molecule has 1 aromatic rings. The van der Waals surface area contributed by atoms with E-state index in [0.29, 0.717) is 24.7 Å². The first-order valence-electron chi connectivity index (χ1n) is 7.54. The first-order valence-corrected chi connectivity index (χ1v) is 7.95. The summed E-state index contributed by atoms with van der Waals surface area (Å²) in [5.74, 6) is -0.00694. The average Bonchev–Trinajstić information content (AvgIpc) is 2.51. The van der Waals surface area contributed by atoms with Crippen molar-refractivity contribution in [3.05, 3.63) is 24.3 Å². The van der Waals surface area contributed by atoms with Gasteiger partial charge in [0.2, 0.25) is 5.91 Å². The van der Waals surface area contributed by atoms with E-state index in [9.17, 15) is 9.59 Å². The molecule has 2 N–H and O–H groups in total. The Bertz CT molecular complexity index is 549. The van der Waals surface area contributed by atoms with Crippen molar-refractivity contribution in [3.8, 4) is 5.75 Å². The van der Waals surface area contributed by atoms with Crippen molar-refractivity contribution in [3.63, 3.8) is 0 Å². The summed E-state index contributed by atoms with van der Waals surface area (Å²) in [7, 11) is 0. The Morgan fingerprint density at radius 3 is 2.70 bits per heavy atom. The molecule has 0 aliphatic carbocycles. The fourth-order valence-corrected chi connectivity index (χ4v) is 1.92. The van der Waals surface area contributed by atoms with Gasteiger partial charge in [0.25, 0.3) is 0 Å². The van der Waals surface area contributed by atoms with Crippen LogP contribution >= 0.6 is 12.2 Å². The molecule has 0 saturated heterocycles. The summed E-state index contributed by atoms with van der Waals surface area (Å²) in [5, 5.41) is 5.59. The van der Waals surface area contributed by atoms with Crippen LogP contribution in [0.1, 0.15) is 33.1 Å². The average molecular weight is 338 g/mol. The number of anilines is 1. The number of rotatable bonds is 8. The number of ether oxygens (including phenoxy) is 2. The summed E-state index contributed by atoms with van der Waals surface area (Å²) in [4.78, 5) is 23.0. The molecule has 0 spiro atoms. The lowest BCUT2D eigenvalue weighted by atomic mass is 10.3. The highest BCUT2D eigenvalue weighted by Gasteiger charge is 2.09. The van der Waals surface area contributed by atoms with Crippen LogP contribution in [0.25, 0.3) is 0 Å². The van der Waals surface area contributed by atoms with Crippen LogP contribution in [0.5, 0.6) is 5.75 Å². The van der Waals surface area contributed by atoms with Crippen LogP contribution in [0.2, 0.25) is 0 Å². The molecule has 7 heteroatoms. The zero-order valence-corrected chi connectivity index (χ0v) is 14.2. The van der Waals surface area contributed by atoms with E-state index >= 15 is 0 Å². The van der Waals surface area contributed by atoms with E-state index in [1.54, 1.807) is 6.07 Å². The summed E-state index contributed by atoms with van der Waals surface area (Å²) in [5.41, 5.74) is 0.712. The number of hydrogen-bond acceptors (Lipinski definition) is 5. The van der Waals surface area contributed by atoms with Crippen LogP contribution in [-0.4, -0.2) is 30.2 Å². The van der Waals surface area contributed by atoms with Crippen molar-refractivity contribution < 1.29 is 19.1 Å². The van der Waals surface area contributed by atoms with E-state index in [0.717, 1.165) is 6.42 Å². The molecule has 1 amide bonds. The standard InChI is InChI=1S/C16H22N2O4S/c1-3-10-22-15(20)9-8-14(19)18-16(23)17-12-6-5-7-13(11-12)21-4-2/h5-7,11H,3-4,8-10H2,1-2H3,(H2,17,18,19,23). The van der Waals surface area contributed by atoms with Gasteiger partial charge in [-0.2, -0.15) is 0 Å². The molecule has 0 aliphatic heterocycles. The quantitative estimate of drug-likeness (QED) is 0.560. The molecule has 0 heterocycles. The highest BCUT2D eigenvalue weighted by Crippen LogP contribution is 2.17. The van der Waals surface area contributed by atoms with Gasteiger partial charge in [-0.1, -0.05) is 13.0 Å². The number of benzene rings is 1. The van der Waals surface area contributed by atoms with Gasteiger partial charge in [-0.3, -0.25) is 9.59 Å². The minimum absolute atomic E-state index is 0.0311. The van der Waals surface area contributed by atoms with Crippen molar-refractivity contribution in [1.29, 1.82) is 0 Å². The topological polar surface area (TPSA) is 76.7 Å². The Morgan fingerprint density at radius 1 is 1.22 bits per heavy atom. The first kappa shape index (κ1) is 18.9. The molecule has 0 fully saturated rings. The molecule has 0 aromatic heterocycles. The molecule has 23 heavy (non-hydrogen) atoms. The highest BCUT2D eigenvalue weighted by atomic mass is 32.1. The van der Waals surface area contributed by atoms with Gasteiger partial charge in [0.05, 0.1) is 19.6 Å². The number of nitrogens with one attached hydrogen (secondary N) is 2. The zero-order chi connectivity index (χ0) is 17.1. The van der Waals surface area contributed by atoms with Gasteiger partial charge >= 0.3 is 5.97 Å². The molecule has 6 nitrogen and oxygen atoms in total. The minimum atomic E-state index is -0.384. The first-order chi connectivity index (χ1) is 11.0. The van der Waals surface area contributed by atoms with Crippen molar-refractivity contribution in [2.45, 2.75) is 33.1 Å². The third-order valence-corrected chi connectivity index (χ3v) is 2.88. The third kappa shape index (κ3) is 8.15. The van der Waals surface area contributed by atoms with E-state index in [2.05, 4.69) is 10.6 Å². The summed E-state index contributed by atoms with van der Waals surface area (Å²) < 4.78 is 10.3. The summed E-state index contributed by atoms with van der Waals surface area (Å²) in [6, 6.07) is 7.24. The smallest absolute Gasteiger partial charge is 0.306 e. The molecule has 0 radical (unpaired) electrons. The Hall–Kier alpha value is -2.15. The van der Waals surface area contributed by atoms with Gasteiger partial charge in [0, 0.05) is 18.2 Å². The number of esters is 1. The van der Waals surface area contributed by atoms with E-state index in [-0.39, 0.29) is 29.8 Å². The number of carbonyl (C=O) groups is 2. The Morgan fingerprint density at radius 2 is 2.00 bits per heavy atom. The lowest BCUT2D eigenvalue weighted by molar-refractivity contribution is -0.144. The molecule has 0 aliphatic rings. The second-order valence-electron chi connectivity index (χ2n) is 4.68. The number of amides is 1. The number of carbonyl (C=O) groups excluding carboxylic acids is 2. The van der Waals surface area contributed by atoms with Gasteiger partial charge in [0.15, 0.2) is 5.11 Å². The van der Waals surface area contributed by atoms with E-state index < -0.39 is 0 Å². The molecule has 1 aromatic carbocycles. The molecular weight excluding hydrogens is 316 g/mol. The normalized spacial score (nSPS) is 9.83. The lowest BCUT2D eigenvalue weighted by Gasteiger charge is -2.11. The van der Waals surface area contributed by atoms with Gasteiger partial charge < -0.3 is 20.1 Å². The van der Waals surface area contributed by atoms with Crippen molar-refractivity contribution >= 4 is 34.9 Å². The molecule has 1 rings (SSSR count). The molecular formula is C16H22N2O4S. The number of hydrogen-bond donors (Lipinski definition) is 2. The second-order valence-corrected chi connectivity index (χ2v) is 5.09. The van der Waals surface area contributed by atoms with E-state index in [4.69, 9.17) is 21.7 Å². The van der Waals surface area contributed by atoms with Crippen molar-refractivity contribution in [2.75, 3.05) is 18.5 Å². The Labute approximate surface area is 141 Å². The largest absolute Gasteiger partial charge is 0.494 e. The monoisotopic (exact) mass is 338 g/mol. The predicted octanol–water partition coefficient (Wildman–Crippen LogP) is 2.63. The molecule has 0 atom stereocenters. The number of thiocarbonyl (C=S) groups is 1. The van der Waals surface area contributed by atoms with Crippen molar-refractivity contribution in [2.24, 2.45) is 0 Å². The van der Waals surface area contributed by atoms with Crippen LogP contribution < -0.4 is 15.4 Å². The zero-order valence-electron chi connectivity index (χ0n) is 13.4. The van der Waals surface area contributed by atoms with Gasteiger partial charge in [0.1, 0.15) is 5.75 Å².